The minimum Gasteiger partial charge on any atom is -0.375 e. The monoisotopic (exact) mass is 495 g/mol. The van der Waals surface area contributed by atoms with Crippen LogP contribution in [0, 0.1) is 5.92 Å². The molecule has 1 atom stereocenters. The molecule has 3 aliphatic rings. The first kappa shape index (κ1) is 22.8. The van der Waals surface area contributed by atoms with Crippen molar-refractivity contribution >= 4 is 10.0 Å². The van der Waals surface area contributed by atoms with Crippen LogP contribution >= 0.6 is 0 Å². The van der Waals surface area contributed by atoms with Gasteiger partial charge in [0.15, 0.2) is 0 Å². The van der Waals surface area contributed by atoms with Crippen LogP contribution in [0.1, 0.15) is 49.1 Å². The van der Waals surface area contributed by atoms with Gasteiger partial charge in [0.25, 0.3) is 0 Å². The first-order valence-electron chi connectivity index (χ1n) is 12.4. The summed E-state index contributed by atoms with van der Waals surface area (Å²) < 4.78 is 40.0. The maximum atomic E-state index is 13.3. The average Bonchev–Trinajstić information content (AvgIpc) is 3.54. The van der Waals surface area contributed by atoms with Gasteiger partial charge >= 0.3 is 0 Å². The quantitative estimate of drug-likeness (QED) is 0.531. The summed E-state index contributed by atoms with van der Waals surface area (Å²) in [6.45, 7) is 1.61. The molecule has 0 saturated carbocycles. The van der Waals surface area contributed by atoms with Gasteiger partial charge in [0.05, 0.1) is 16.7 Å². The third-order valence-corrected chi connectivity index (χ3v) is 9.55. The molecule has 0 bridgehead atoms. The Bertz CT molecular complexity index is 1300. The summed E-state index contributed by atoms with van der Waals surface area (Å²) in [6, 6.07) is 5.65. The maximum absolute atomic E-state index is 13.3. The number of nitrogens with zero attached hydrogens (tertiary/aromatic N) is 5. The molecule has 1 aliphatic carbocycles. The zero-order valence-electron chi connectivity index (χ0n) is 19.6. The standard InChI is InChI=1S/C25H29N5O4S/c31-35(32,21-5-4-19-2-1-3-20(19)15-21)30-11-7-25(8-12-30)16-18(6-13-33-25)14-23-28-24(29-34-23)22-17-26-9-10-27-22/h4-5,9-10,15,17-18H,1-3,6-8,11-14,16H2. The van der Waals surface area contributed by atoms with E-state index in [0.29, 0.717) is 67.2 Å². The number of hydrogen-bond donors (Lipinski definition) is 0. The van der Waals surface area contributed by atoms with Gasteiger partial charge in [-0.25, -0.2) is 13.4 Å². The molecule has 0 N–H and O–H groups in total. The number of aryl methyl sites for hydroxylation is 2. The number of aromatic nitrogens is 4. The first-order valence-corrected chi connectivity index (χ1v) is 13.8. The highest BCUT2D eigenvalue weighted by Gasteiger charge is 2.43. The molecule has 184 valence electrons. The van der Waals surface area contributed by atoms with Gasteiger partial charge in [-0.05, 0) is 74.1 Å². The number of hydrogen-bond acceptors (Lipinski definition) is 8. The number of benzene rings is 1. The van der Waals surface area contributed by atoms with Crippen molar-refractivity contribution in [3.8, 4) is 11.5 Å². The van der Waals surface area contributed by atoms with Crippen LogP contribution in [0.15, 0.2) is 46.2 Å². The molecule has 0 amide bonds. The number of fused-ring (bicyclic) bond motifs is 1. The van der Waals surface area contributed by atoms with E-state index in [1.807, 2.05) is 12.1 Å². The van der Waals surface area contributed by atoms with Crippen LogP contribution in [0.5, 0.6) is 0 Å². The molecule has 2 aliphatic heterocycles. The molecule has 3 aromatic rings. The van der Waals surface area contributed by atoms with E-state index in [1.165, 1.54) is 11.1 Å². The lowest BCUT2D eigenvalue weighted by Gasteiger charge is -2.45. The number of piperidine rings is 1. The molecule has 10 heteroatoms. The van der Waals surface area contributed by atoms with E-state index in [4.69, 9.17) is 9.26 Å². The van der Waals surface area contributed by atoms with Crippen molar-refractivity contribution in [2.45, 2.75) is 61.9 Å². The van der Waals surface area contributed by atoms with Crippen molar-refractivity contribution < 1.29 is 17.7 Å². The minimum absolute atomic E-state index is 0.291. The Hall–Kier alpha value is -2.69. The van der Waals surface area contributed by atoms with Crippen LogP contribution in [-0.4, -0.2) is 58.1 Å². The third kappa shape index (κ3) is 4.50. The summed E-state index contributed by atoms with van der Waals surface area (Å²) in [4.78, 5) is 13.2. The van der Waals surface area contributed by atoms with Crippen molar-refractivity contribution in [2.24, 2.45) is 5.92 Å². The molecule has 35 heavy (non-hydrogen) atoms. The highest BCUT2D eigenvalue weighted by molar-refractivity contribution is 7.89. The van der Waals surface area contributed by atoms with Gasteiger partial charge in [0, 0.05) is 38.5 Å². The number of rotatable bonds is 5. The lowest BCUT2D eigenvalue weighted by molar-refractivity contribution is -0.121. The zero-order valence-corrected chi connectivity index (χ0v) is 20.4. The summed E-state index contributed by atoms with van der Waals surface area (Å²) in [5.74, 6) is 1.38. The summed E-state index contributed by atoms with van der Waals surface area (Å²) >= 11 is 0. The topological polar surface area (TPSA) is 111 Å². The number of sulfonamides is 1. The van der Waals surface area contributed by atoms with Crippen molar-refractivity contribution in [3.63, 3.8) is 0 Å². The Morgan fingerprint density at radius 2 is 1.97 bits per heavy atom. The number of ether oxygens (including phenoxy) is 1. The third-order valence-electron chi connectivity index (χ3n) is 7.66. The fourth-order valence-electron chi connectivity index (χ4n) is 5.75. The van der Waals surface area contributed by atoms with E-state index >= 15 is 0 Å². The fourth-order valence-corrected chi connectivity index (χ4v) is 7.24. The van der Waals surface area contributed by atoms with E-state index in [-0.39, 0.29) is 5.60 Å². The minimum atomic E-state index is -3.49. The predicted octanol–water partition coefficient (Wildman–Crippen LogP) is 3.21. The highest BCUT2D eigenvalue weighted by Crippen LogP contribution is 2.40. The van der Waals surface area contributed by atoms with E-state index in [9.17, 15) is 8.42 Å². The molecular formula is C25H29N5O4S. The van der Waals surface area contributed by atoms with Crippen LogP contribution in [0.25, 0.3) is 11.5 Å². The Kier molecular flexibility index (Phi) is 5.90. The van der Waals surface area contributed by atoms with Crippen LogP contribution < -0.4 is 0 Å². The summed E-state index contributed by atoms with van der Waals surface area (Å²) in [5.41, 5.74) is 2.76. The van der Waals surface area contributed by atoms with Crippen LogP contribution in [0.3, 0.4) is 0 Å². The maximum Gasteiger partial charge on any atom is 0.243 e. The summed E-state index contributed by atoms with van der Waals surface area (Å²) in [6.07, 6.45) is 11.8. The average molecular weight is 496 g/mol. The van der Waals surface area contributed by atoms with Crippen molar-refractivity contribution in [1.29, 1.82) is 0 Å². The Labute approximate surface area is 205 Å². The molecule has 9 nitrogen and oxygen atoms in total. The lowest BCUT2D eigenvalue weighted by Crippen LogP contribution is -2.50. The molecule has 6 rings (SSSR count). The fraction of sp³-hybridized carbons (Fsp3) is 0.520. The second-order valence-electron chi connectivity index (χ2n) is 9.88. The van der Waals surface area contributed by atoms with Gasteiger partial charge < -0.3 is 9.26 Å². The van der Waals surface area contributed by atoms with Crippen molar-refractivity contribution in [1.82, 2.24) is 24.4 Å². The van der Waals surface area contributed by atoms with Crippen molar-refractivity contribution in [3.05, 3.63) is 53.8 Å². The molecule has 2 fully saturated rings. The second kappa shape index (κ2) is 9.07. The van der Waals surface area contributed by atoms with Gasteiger partial charge in [-0.3, -0.25) is 4.98 Å². The molecular weight excluding hydrogens is 466 g/mol. The molecule has 2 aromatic heterocycles. The van der Waals surface area contributed by atoms with Crippen LogP contribution in [0.4, 0.5) is 0 Å². The predicted molar refractivity (Wildman–Crippen MR) is 127 cm³/mol. The zero-order chi connectivity index (χ0) is 23.9. The largest absolute Gasteiger partial charge is 0.375 e. The van der Waals surface area contributed by atoms with Gasteiger partial charge in [-0.2, -0.15) is 9.29 Å². The molecule has 1 spiro atoms. The van der Waals surface area contributed by atoms with Gasteiger partial charge in [0.1, 0.15) is 5.69 Å². The van der Waals surface area contributed by atoms with Gasteiger partial charge in [-0.1, -0.05) is 11.2 Å². The SMILES string of the molecule is O=S(=O)(c1ccc2c(c1)CCC2)N1CCC2(CC1)CC(Cc1nc(-c3cnccn3)no1)CCO2. The van der Waals surface area contributed by atoms with Crippen LogP contribution in [0.2, 0.25) is 0 Å². The lowest BCUT2D eigenvalue weighted by atomic mass is 9.79. The van der Waals surface area contributed by atoms with E-state index < -0.39 is 10.0 Å². The molecule has 1 aromatic carbocycles. The van der Waals surface area contributed by atoms with Crippen molar-refractivity contribution in [2.75, 3.05) is 19.7 Å². The van der Waals surface area contributed by atoms with Gasteiger partial charge in [0.2, 0.25) is 21.7 Å². The molecule has 2 saturated heterocycles. The van der Waals surface area contributed by atoms with E-state index in [0.717, 1.165) is 32.1 Å². The normalized spacial score (nSPS) is 22.3. The second-order valence-corrected chi connectivity index (χ2v) is 11.8. The molecule has 0 radical (unpaired) electrons. The van der Waals surface area contributed by atoms with E-state index in [1.54, 1.807) is 29.0 Å². The highest BCUT2D eigenvalue weighted by atomic mass is 32.2. The Balaban J connectivity index is 1.10. The molecule has 1 unspecified atom stereocenters. The van der Waals surface area contributed by atoms with E-state index in [2.05, 4.69) is 20.1 Å². The first-order chi connectivity index (χ1) is 17.0. The Morgan fingerprint density at radius 1 is 1.11 bits per heavy atom. The summed E-state index contributed by atoms with van der Waals surface area (Å²) in [5, 5.41) is 4.05. The smallest absolute Gasteiger partial charge is 0.243 e. The Morgan fingerprint density at radius 3 is 2.80 bits per heavy atom. The van der Waals surface area contributed by atoms with Gasteiger partial charge in [-0.15, -0.1) is 0 Å². The van der Waals surface area contributed by atoms with Crippen LogP contribution in [-0.2, 0) is 34.0 Å². The molecule has 4 heterocycles. The summed E-state index contributed by atoms with van der Waals surface area (Å²) in [7, 11) is -3.49.